The van der Waals surface area contributed by atoms with Crippen molar-refractivity contribution in [1.29, 1.82) is 0 Å². The normalized spacial score (nSPS) is 12.7. The third-order valence-corrected chi connectivity index (χ3v) is 4.21. The Morgan fingerprint density at radius 3 is 2.41 bits per heavy atom. The van der Waals surface area contributed by atoms with E-state index in [0.29, 0.717) is 12.3 Å². The number of hydrogen-bond donors (Lipinski definition) is 3. The highest BCUT2D eigenvalue weighted by Crippen LogP contribution is 2.16. The summed E-state index contributed by atoms with van der Waals surface area (Å²) < 4.78 is 10.6. The Balaban J connectivity index is 2.85. The van der Waals surface area contributed by atoms with Crippen molar-refractivity contribution in [3.63, 3.8) is 0 Å². The van der Waals surface area contributed by atoms with Crippen molar-refractivity contribution < 1.29 is 14.3 Å². The smallest absolute Gasteiger partial charge is 0.407 e. The SMILES string of the molecule is C=C(C)\C(=C/C=C(C)/C(NNC)=C(/CC)CNC(=O)OCc1ccccc1)OC. The number of hydrogen-bond acceptors (Lipinski definition) is 5. The van der Waals surface area contributed by atoms with Gasteiger partial charge in [0.25, 0.3) is 0 Å². The predicted molar refractivity (Wildman–Crippen MR) is 118 cm³/mol. The lowest BCUT2D eigenvalue weighted by atomic mass is 10.1. The average molecular weight is 400 g/mol. The molecule has 0 unspecified atom stereocenters. The Bertz CT molecular complexity index is 765. The monoisotopic (exact) mass is 399 g/mol. The van der Waals surface area contributed by atoms with Crippen LogP contribution in [0.4, 0.5) is 4.79 Å². The largest absolute Gasteiger partial charge is 0.497 e. The fourth-order valence-electron chi connectivity index (χ4n) is 2.60. The molecule has 1 aromatic rings. The number of benzene rings is 1. The summed E-state index contributed by atoms with van der Waals surface area (Å²) in [5, 5.41) is 2.82. The lowest BCUT2D eigenvalue weighted by Gasteiger charge is -2.17. The van der Waals surface area contributed by atoms with Crippen LogP contribution in [0.15, 0.2) is 77.2 Å². The molecule has 158 valence electrons. The van der Waals surface area contributed by atoms with E-state index in [1.54, 1.807) is 14.2 Å². The number of ether oxygens (including phenoxy) is 2. The number of nitrogens with one attached hydrogen (secondary N) is 3. The maximum atomic E-state index is 12.1. The number of amides is 1. The second kappa shape index (κ2) is 13.2. The van der Waals surface area contributed by atoms with Crippen LogP contribution < -0.4 is 16.2 Å². The van der Waals surface area contributed by atoms with E-state index in [0.717, 1.165) is 34.4 Å². The molecule has 1 rings (SSSR count). The van der Waals surface area contributed by atoms with Crippen LogP contribution in [0.5, 0.6) is 0 Å². The average Bonchev–Trinajstić information content (AvgIpc) is 2.72. The Labute approximate surface area is 174 Å². The molecule has 6 heteroatoms. The second-order valence-electron chi connectivity index (χ2n) is 6.49. The summed E-state index contributed by atoms with van der Waals surface area (Å²) in [5.41, 5.74) is 10.9. The van der Waals surface area contributed by atoms with Gasteiger partial charge in [0.1, 0.15) is 12.4 Å². The van der Waals surface area contributed by atoms with Gasteiger partial charge in [0.15, 0.2) is 0 Å². The summed E-state index contributed by atoms with van der Waals surface area (Å²) in [5.74, 6) is 0.717. The first-order valence-corrected chi connectivity index (χ1v) is 9.61. The number of carbonyl (C=O) groups is 1. The summed E-state index contributed by atoms with van der Waals surface area (Å²) in [6.45, 7) is 10.4. The molecule has 29 heavy (non-hydrogen) atoms. The number of hydrazine groups is 1. The number of carbonyl (C=O) groups excluding carboxylic acids is 1. The van der Waals surface area contributed by atoms with E-state index >= 15 is 0 Å². The molecule has 1 amide bonds. The fourth-order valence-corrected chi connectivity index (χ4v) is 2.60. The molecule has 6 nitrogen and oxygen atoms in total. The second-order valence-corrected chi connectivity index (χ2v) is 6.49. The minimum atomic E-state index is -0.450. The van der Waals surface area contributed by atoms with Gasteiger partial charge < -0.3 is 20.2 Å². The van der Waals surface area contributed by atoms with Gasteiger partial charge in [-0.1, -0.05) is 49.9 Å². The van der Waals surface area contributed by atoms with E-state index in [1.165, 1.54) is 0 Å². The topological polar surface area (TPSA) is 71.6 Å². The summed E-state index contributed by atoms with van der Waals surface area (Å²) >= 11 is 0. The molecule has 0 radical (unpaired) electrons. The van der Waals surface area contributed by atoms with Crippen LogP contribution in [0.2, 0.25) is 0 Å². The van der Waals surface area contributed by atoms with Gasteiger partial charge in [-0.05, 0) is 48.6 Å². The van der Waals surface area contributed by atoms with Gasteiger partial charge in [-0.3, -0.25) is 0 Å². The fraction of sp³-hybridized carbons (Fsp3) is 0.348. The van der Waals surface area contributed by atoms with Crippen LogP contribution in [-0.4, -0.2) is 26.8 Å². The van der Waals surface area contributed by atoms with Crippen LogP contribution in [0.3, 0.4) is 0 Å². The quantitative estimate of drug-likeness (QED) is 0.293. The van der Waals surface area contributed by atoms with E-state index in [1.807, 2.05) is 63.3 Å². The number of methoxy groups -OCH3 is 1. The molecule has 0 spiro atoms. The summed E-state index contributed by atoms with van der Waals surface area (Å²) in [4.78, 5) is 12.1. The predicted octanol–water partition coefficient (Wildman–Crippen LogP) is 4.35. The van der Waals surface area contributed by atoms with Crippen LogP contribution in [-0.2, 0) is 16.1 Å². The Morgan fingerprint density at radius 2 is 1.86 bits per heavy atom. The van der Waals surface area contributed by atoms with E-state index < -0.39 is 6.09 Å². The third-order valence-electron chi connectivity index (χ3n) is 4.21. The molecule has 0 aliphatic carbocycles. The first kappa shape index (κ1) is 24.0. The highest BCUT2D eigenvalue weighted by molar-refractivity contribution is 5.67. The van der Waals surface area contributed by atoms with Gasteiger partial charge >= 0.3 is 6.09 Å². The van der Waals surface area contributed by atoms with Crippen molar-refractivity contribution >= 4 is 6.09 Å². The zero-order valence-corrected chi connectivity index (χ0v) is 18.1. The highest BCUT2D eigenvalue weighted by atomic mass is 16.5. The molecule has 0 saturated heterocycles. The van der Waals surface area contributed by atoms with Crippen LogP contribution in [0, 0.1) is 0 Å². The maximum absolute atomic E-state index is 12.1. The number of rotatable bonds is 11. The van der Waals surface area contributed by atoms with Crippen LogP contribution in [0.25, 0.3) is 0 Å². The number of allylic oxidation sites excluding steroid dienone is 4. The summed E-state index contributed by atoms with van der Waals surface area (Å²) in [6, 6.07) is 9.59. The molecule has 0 heterocycles. The number of alkyl carbamates (subject to hydrolysis) is 1. The van der Waals surface area contributed by atoms with E-state index in [2.05, 4.69) is 22.7 Å². The molecular weight excluding hydrogens is 366 g/mol. The Kier molecular flexibility index (Phi) is 11.0. The van der Waals surface area contributed by atoms with E-state index in [9.17, 15) is 4.79 Å². The lowest BCUT2D eigenvalue weighted by Crippen LogP contribution is -2.32. The minimum absolute atomic E-state index is 0.240. The molecule has 0 aliphatic rings. The van der Waals surface area contributed by atoms with Crippen molar-refractivity contribution in [2.24, 2.45) is 0 Å². The lowest BCUT2D eigenvalue weighted by molar-refractivity contribution is 0.140. The van der Waals surface area contributed by atoms with E-state index in [-0.39, 0.29) is 6.61 Å². The highest BCUT2D eigenvalue weighted by Gasteiger charge is 2.10. The first-order valence-electron chi connectivity index (χ1n) is 9.61. The van der Waals surface area contributed by atoms with Crippen molar-refractivity contribution in [3.05, 3.63) is 82.8 Å². The van der Waals surface area contributed by atoms with Gasteiger partial charge in [-0.25, -0.2) is 10.2 Å². The molecule has 3 N–H and O–H groups in total. The molecular formula is C23H33N3O3. The van der Waals surface area contributed by atoms with Crippen LogP contribution >= 0.6 is 0 Å². The summed E-state index contributed by atoms with van der Waals surface area (Å²) in [6.07, 6.45) is 4.14. The molecule has 1 aromatic carbocycles. The zero-order chi connectivity index (χ0) is 21.6. The standard InChI is InChI=1S/C23H33N3O3/c1-7-20(15-25-23(27)29-16-19-11-9-8-10-12-19)22(26-24-5)18(4)13-14-21(28-6)17(2)3/h8-14,24,26H,2,7,15-16H2,1,3-6H3,(H,25,27)/b18-13+,21-14+,22-20+. The Morgan fingerprint density at radius 1 is 1.17 bits per heavy atom. The molecule has 0 bridgehead atoms. The summed E-state index contributed by atoms with van der Waals surface area (Å²) in [7, 11) is 3.42. The maximum Gasteiger partial charge on any atom is 0.407 e. The first-order chi connectivity index (χ1) is 13.9. The van der Waals surface area contributed by atoms with Crippen molar-refractivity contribution in [2.75, 3.05) is 20.7 Å². The van der Waals surface area contributed by atoms with Crippen molar-refractivity contribution in [1.82, 2.24) is 16.2 Å². The van der Waals surface area contributed by atoms with E-state index in [4.69, 9.17) is 9.47 Å². The zero-order valence-electron chi connectivity index (χ0n) is 18.1. The van der Waals surface area contributed by atoms with Gasteiger partial charge in [0.05, 0.1) is 12.8 Å². The third kappa shape index (κ3) is 8.70. The molecule has 0 saturated carbocycles. The van der Waals surface area contributed by atoms with Crippen molar-refractivity contribution in [3.8, 4) is 0 Å². The van der Waals surface area contributed by atoms with Gasteiger partial charge in [0.2, 0.25) is 0 Å². The minimum Gasteiger partial charge on any atom is -0.497 e. The molecule has 0 aromatic heterocycles. The molecule has 0 fully saturated rings. The van der Waals surface area contributed by atoms with Crippen LogP contribution in [0.1, 0.15) is 32.8 Å². The molecule has 0 aliphatic heterocycles. The Hall–Kier alpha value is -2.99. The van der Waals surface area contributed by atoms with Gasteiger partial charge in [-0.2, -0.15) is 0 Å². The van der Waals surface area contributed by atoms with Crippen molar-refractivity contribution in [2.45, 2.75) is 33.8 Å². The molecule has 0 atom stereocenters. The van der Waals surface area contributed by atoms with Gasteiger partial charge in [-0.15, -0.1) is 0 Å². The van der Waals surface area contributed by atoms with Gasteiger partial charge in [0, 0.05) is 13.6 Å².